The quantitative estimate of drug-likeness (QED) is 0.771. The molecule has 8 heteroatoms. The first-order valence-electron chi connectivity index (χ1n) is 7.69. The van der Waals surface area contributed by atoms with Gasteiger partial charge in [-0.3, -0.25) is 4.79 Å². The van der Waals surface area contributed by atoms with Crippen LogP contribution >= 0.6 is 0 Å². The SMILES string of the molecule is CCS(=O)(=O)CC(C)NC(=O)N1C[C@@H]2CCC[C@@]2(C(=O)O)C1. The van der Waals surface area contributed by atoms with Crippen LogP contribution in [0.2, 0.25) is 0 Å². The summed E-state index contributed by atoms with van der Waals surface area (Å²) in [5.74, 6) is -0.880. The van der Waals surface area contributed by atoms with Gasteiger partial charge in [-0.15, -0.1) is 0 Å². The van der Waals surface area contributed by atoms with Crippen molar-refractivity contribution in [3.63, 3.8) is 0 Å². The molecule has 2 rings (SSSR count). The summed E-state index contributed by atoms with van der Waals surface area (Å²) in [6, 6.07) is -0.854. The van der Waals surface area contributed by atoms with Crippen LogP contribution in [0.4, 0.5) is 4.79 Å². The smallest absolute Gasteiger partial charge is 0.317 e. The molecule has 1 saturated heterocycles. The van der Waals surface area contributed by atoms with Gasteiger partial charge in [0, 0.05) is 24.9 Å². The van der Waals surface area contributed by atoms with Crippen LogP contribution in [-0.2, 0) is 14.6 Å². The van der Waals surface area contributed by atoms with Crippen LogP contribution in [0.15, 0.2) is 0 Å². The highest BCUT2D eigenvalue weighted by molar-refractivity contribution is 7.91. The molecule has 22 heavy (non-hydrogen) atoms. The minimum Gasteiger partial charge on any atom is -0.481 e. The minimum atomic E-state index is -3.16. The molecule has 2 aliphatic rings. The van der Waals surface area contributed by atoms with E-state index in [1.54, 1.807) is 13.8 Å². The van der Waals surface area contributed by atoms with Gasteiger partial charge in [-0.2, -0.15) is 0 Å². The summed E-state index contributed by atoms with van der Waals surface area (Å²) < 4.78 is 23.1. The molecule has 0 aromatic heterocycles. The Balaban J connectivity index is 1.96. The number of hydrogen-bond acceptors (Lipinski definition) is 4. The zero-order valence-electron chi connectivity index (χ0n) is 13.0. The predicted octanol–water partition coefficient (Wildman–Crippen LogP) is 0.706. The zero-order valence-corrected chi connectivity index (χ0v) is 13.9. The van der Waals surface area contributed by atoms with Crippen molar-refractivity contribution < 1.29 is 23.1 Å². The van der Waals surface area contributed by atoms with Crippen molar-refractivity contribution in [1.29, 1.82) is 0 Å². The van der Waals surface area contributed by atoms with Crippen molar-refractivity contribution in [3.05, 3.63) is 0 Å². The molecule has 2 fully saturated rings. The molecule has 126 valence electrons. The summed E-state index contributed by atoms with van der Waals surface area (Å²) in [5.41, 5.74) is -0.809. The summed E-state index contributed by atoms with van der Waals surface area (Å²) in [5, 5.41) is 12.2. The predicted molar refractivity (Wildman–Crippen MR) is 81.3 cm³/mol. The molecule has 7 nitrogen and oxygen atoms in total. The number of amides is 2. The number of sulfone groups is 1. The molecule has 0 spiro atoms. The summed E-state index contributed by atoms with van der Waals surface area (Å²) in [6.45, 7) is 3.87. The average molecular weight is 332 g/mol. The number of carbonyl (C=O) groups is 2. The fourth-order valence-electron chi connectivity index (χ4n) is 3.64. The highest BCUT2D eigenvalue weighted by atomic mass is 32.2. The van der Waals surface area contributed by atoms with Crippen LogP contribution in [0.5, 0.6) is 0 Å². The first-order valence-corrected chi connectivity index (χ1v) is 9.51. The summed E-state index contributed by atoms with van der Waals surface area (Å²) in [7, 11) is -3.16. The maximum Gasteiger partial charge on any atom is 0.317 e. The third kappa shape index (κ3) is 3.21. The summed E-state index contributed by atoms with van der Waals surface area (Å²) in [4.78, 5) is 25.4. The van der Waals surface area contributed by atoms with E-state index < -0.39 is 27.3 Å². The van der Waals surface area contributed by atoms with E-state index in [2.05, 4.69) is 5.32 Å². The van der Waals surface area contributed by atoms with E-state index in [1.807, 2.05) is 0 Å². The largest absolute Gasteiger partial charge is 0.481 e. The number of aliphatic carboxylic acids is 1. The van der Waals surface area contributed by atoms with Gasteiger partial charge < -0.3 is 15.3 Å². The van der Waals surface area contributed by atoms with Crippen molar-refractivity contribution in [2.45, 2.75) is 39.2 Å². The topological polar surface area (TPSA) is 104 Å². The minimum absolute atomic E-state index is 0.00503. The highest BCUT2D eigenvalue weighted by Gasteiger charge is 2.55. The van der Waals surface area contributed by atoms with Gasteiger partial charge in [0.2, 0.25) is 0 Å². The molecule has 2 amide bonds. The second-order valence-electron chi connectivity index (χ2n) is 6.48. The average Bonchev–Trinajstić information content (AvgIpc) is 2.95. The van der Waals surface area contributed by atoms with Gasteiger partial charge in [0.25, 0.3) is 0 Å². The number of likely N-dealkylation sites (tertiary alicyclic amines) is 1. The summed E-state index contributed by atoms with van der Waals surface area (Å²) in [6.07, 6.45) is 2.32. The molecule has 2 N–H and O–H groups in total. The van der Waals surface area contributed by atoms with E-state index in [4.69, 9.17) is 0 Å². The van der Waals surface area contributed by atoms with Gasteiger partial charge in [-0.1, -0.05) is 13.3 Å². The van der Waals surface area contributed by atoms with Gasteiger partial charge in [0.15, 0.2) is 9.84 Å². The Morgan fingerprint density at radius 1 is 1.45 bits per heavy atom. The Bertz CT molecular complexity index is 562. The Labute approximate surface area is 131 Å². The third-order valence-corrected chi connectivity index (χ3v) is 6.79. The maximum atomic E-state index is 12.3. The molecule has 1 saturated carbocycles. The molecule has 0 aromatic carbocycles. The number of carboxylic acids is 1. The van der Waals surface area contributed by atoms with Crippen molar-refractivity contribution in [3.8, 4) is 0 Å². The number of rotatable bonds is 5. The van der Waals surface area contributed by atoms with E-state index in [0.29, 0.717) is 13.0 Å². The summed E-state index contributed by atoms with van der Waals surface area (Å²) >= 11 is 0. The lowest BCUT2D eigenvalue weighted by atomic mass is 9.81. The van der Waals surface area contributed by atoms with E-state index in [9.17, 15) is 23.1 Å². The second kappa shape index (κ2) is 6.06. The van der Waals surface area contributed by atoms with Gasteiger partial charge in [0.05, 0.1) is 11.2 Å². The molecule has 1 unspecified atom stereocenters. The third-order valence-electron chi connectivity index (χ3n) is 4.90. The fraction of sp³-hybridized carbons (Fsp3) is 0.857. The second-order valence-corrected chi connectivity index (χ2v) is 8.88. The van der Waals surface area contributed by atoms with Crippen molar-refractivity contribution in [2.24, 2.45) is 11.3 Å². The van der Waals surface area contributed by atoms with E-state index in [-0.39, 0.29) is 30.0 Å². The van der Waals surface area contributed by atoms with Crippen molar-refractivity contribution in [2.75, 3.05) is 24.6 Å². The standard InChI is InChI=1S/C14H24N2O5S/c1-3-22(20,21)8-10(2)15-13(19)16-7-11-5-4-6-14(11,9-16)12(17)18/h10-11H,3-9H2,1-2H3,(H,15,19)(H,17,18)/t10?,11-,14+/m0/s1. The number of nitrogens with zero attached hydrogens (tertiary/aromatic N) is 1. The van der Waals surface area contributed by atoms with Crippen molar-refractivity contribution >= 4 is 21.8 Å². The van der Waals surface area contributed by atoms with Crippen LogP contribution in [0.3, 0.4) is 0 Å². The van der Waals surface area contributed by atoms with Gasteiger partial charge >= 0.3 is 12.0 Å². The van der Waals surface area contributed by atoms with Crippen molar-refractivity contribution in [1.82, 2.24) is 10.2 Å². The first kappa shape index (κ1) is 17.1. The highest BCUT2D eigenvalue weighted by Crippen LogP contribution is 2.48. The normalized spacial score (nSPS) is 29.2. The van der Waals surface area contributed by atoms with Gasteiger partial charge in [0.1, 0.15) is 0 Å². The van der Waals surface area contributed by atoms with E-state index in [1.165, 1.54) is 4.90 Å². The molecule has 0 aromatic rings. The van der Waals surface area contributed by atoms with Gasteiger partial charge in [-0.25, -0.2) is 13.2 Å². The molecule has 1 aliphatic heterocycles. The van der Waals surface area contributed by atoms with Gasteiger partial charge in [-0.05, 0) is 25.7 Å². The molecular formula is C14H24N2O5S. The number of nitrogens with one attached hydrogen (secondary N) is 1. The van der Waals surface area contributed by atoms with E-state index in [0.717, 1.165) is 12.8 Å². The molecule has 3 atom stereocenters. The molecule has 0 bridgehead atoms. The van der Waals surface area contributed by atoms with Crippen LogP contribution < -0.4 is 5.32 Å². The lowest BCUT2D eigenvalue weighted by molar-refractivity contribution is -0.149. The Morgan fingerprint density at radius 2 is 2.14 bits per heavy atom. The maximum absolute atomic E-state index is 12.3. The lowest BCUT2D eigenvalue weighted by Gasteiger charge is -2.24. The molecule has 0 radical (unpaired) electrons. The van der Waals surface area contributed by atoms with Crippen LogP contribution in [0.25, 0.3) is 0 Å². The lowest BCUT2D eigenvalue weighted by Crippen LogP contribution is -2.46. The Hall–Kier alpha value is -1.31. The monoisotopic (exact) mass is 332 g/mol. The molecule has 1 aliphatic carbocycles. The number of urea groups is 1. The zero-order chi connectivity index (χ0) is 16.5. The Morgan fingerprint density at radius 3 is 2.68 bits per heavy atom. The number of hydrogen-bond donors (Lipinski definition) is 2. The number of fused-ring (bicyclic) bond motifs is 1. The number of carbonyl (C=O) groups excluding carboxylic acids is 1. The van der Waals surface area contributed by atoms with E-state index >= 15 is 0 Å². The molecular weight excluding hydrogens is 308 g/mol. The molecule has 1 heterocycles. The van der Waals surface area contributed by atoms with Crippen LogP contribution in [0.1, 0.15) is 33.1 Å². The van der Waals surface area contributed by atoms with Crippen LogP contribution in [0, 0.1) is 11.3 Å². The fourth-order valence-corrected chi connectivity index (χ4v) is 4.72. The number of carboxylic acid groups (broad SMARTS) is 1. The van der Waals surface area contributed by atoms with Crippen LogP contribution in [-0.4, -0.2) is 61.1 Å². The Kier molecular flexibility index (Phi) is 4.70. The first-order chi connectivity index (χ1) is 10.2.